The van der Waals surface area contributed by atoms with E-state index in [1.807, 2.05) is 4.57 Å². The number of aryl methyl sites for hydroxylation is 2. The number of rotatable bonds is 32. The van der Waals surface area contributed by atoms with Crippen LogP contribution in [0.25, 0.3) is 55.8 Å². The van der Waals surface area contributed by atoms with Crippen molar-refractivity contribution < 1.29 is 74.7 Å². The highest BCUT2D eigenvalue weighted by Gasteiger charge is 2.50. The molecule has 0 spiro atoms. The van der Waals surface area contributed by atoms with E-state index in [4.69, 9.17) is 63.1 Å². The second-order valence-electron chi connectivity index (χ2n) is 38.4. The summed E-state index contributed by atoms with van der Waals surface area (Å²) in [6, 6.07) is 6.77. The molecule has 37 nitrogen and oxygen atoms in total. The molecule has 20 atom stereocenters. The summed E-state index contributed by atoms with van der Waals surface area (Å²) < 4.78 is 38.8. The number of hydrogen-bond donors (Lipinski definition) is 16. The Morgan fingerprint density at radius 3 is 1.04 bits per heavy atom. The third-order valence-corrected chi connectivity index (χ3v) is 33.1. The number of ether oxygens (including phenoxy) is 5. The van der Waals surface area contributed by atoms with E-state index in [9.17, 15) is 51.1 Å². The lowest BCUT2D eigenvalue weighted by atomic mass is 10.1. The van der Waals surface area contributed by atoms with Crippen LogP contribution in [-0.2, 0) is 30.1 Å². The highest BCUT2D eigenvalue weighted by molar-refractivity contribution is 7.99. The molecule has 132 heavy (non-hydrogen) atoms. The maximum Gasteiger partial charge on any atom is 0.204 e. The Labute approximate surface area is 782 Å². The summed E-state index contributed by atoms with van der Waals surface area (Å²) in [7, 11) is 0. The molecule has 0 radical (unpaired) electrons. The van der Waals surface area contributed by atoms with Crippen LogP contribution in [-0.4, -0.2) is 361 Å². The molecule has 10 aromatic rings. The number of aliphatic hydroxyl groups excluding tert-OH is 10. The van der Waals surface area contributed by atoms with E-state index < -0.39 is 157 Å². The molecule has 22 N–H and O–H groups in total. The van der Waals surface area contributed by atoms with Crippen LogP contribution in [0, 0.1) is 6.92 Å². The first kappa shape index (κ1) is 106. The number of anilines is 6. The van der Waals surface area contributed by atoms with Crippen LogP contribution < -0.4 is 34.4 Å². The Morgan fingerprint density at radius 2 is 0.667 bits per heavy atom. The monoisotopic (exact) mass is 1970 g/mol. The second-order valence-corrected chi connectivity index (χ2v) is 62.1. The SMILES string of the molecule is C=P(C)(C)CCC1O[C@@H](n2c(CCCCC)nc3c(N)ccnc32)[C@H](O)[C@@H]1O.C=P(C)(C)CCC1O[C@@H](n2c(N)nc3c(N)ccnc32)[C@H](O)[C@@H]1O.C=P(C)(C)CCC1O[C@@H](n2c(SCCC)nc3c(N)ccnc32)[C@H](O)[C@@H]1O.C=P(C)(C)CCC1O[C@@H](n2c(SCCCCC)nc3c(N)ccnc32)[C@H](O)[C@@H]1O.C=P(C)(C)CCC1O[C@@H](n2cnc3c(N)nc(C)nc32)[C@H](O)[C@@H]1O. The largest absolute Gasteiger partial charge is 0.397 e. The minimum absolute atomic E-state index is 0.136. The van der Waals surface area contributed by atoms with Crippen molar-refractivity contribution in [3.05, 3.63) is 67.0 Å². The average Bonchev–Trinajstić information content (AvgIpc) is 1.61. The Balaban J connectivity index is 0.000000159. The van der Waals surface area contributed by atoms with Crippen molar-refractivity contribution in [2.45, 2.75) is 244 Å². The number of nitrogen functional groups attached to an aromatic ring is 6. The van der Waals surface area contributed by atoms with E-state index >= 15 is 0 Å². The molecular weight excluding hydrogens is 1820 g/mol. The number of hydrogen-bond acceptors (Lipinski definition) is 34. The zero-order valence-corrected chi connectivity index (χ0v) is 84.7. The molecule has 5 fully saturated rings. The number of nitrogens with zero attached hydrogens (tertiary/aromatic N) is 16. The van der Waals surface area contributed by atoms with Gasteiger partial charge in [-0.05, 0) is 180 Å². The number of nitrogens with two attached hydrogens (primary N) is 6. The van der Waals surface area contributed by atoms with Gasteiger partial charge >= 0.3 is 0 Å². The number of aliphatic hydroxyl groups is 10. The average molecular weight is 1970 g/mol. The number of pyridine rings is 4. The van der Waals surface area contributed by atoms with Gasteiger partial charge in [0, 0.05) is 42.7 Å². The molecule has 5 unspecified atom stereocenters. The van der Waals surface area contributed by atoms with Crippen LogP contribution in [0.3, 0.4) is 0 Å². The maximum absolute atomic E-state index is 10.8. The number of unbranched alkanes of at least 4 members (excludes halogenated alkanes) is 4. The number of fused-ring (bicyclic) bond motifs is 5. The zero-order valence-electron chi connectivity index (χ0n) is 78.6. The van der Waals surface area contributed by atoms with E-state index in [0.29, 0.717) is 127 Å². The number of imidazole rings is 5. The van der Waals surface area contributed by atoms with E-state index in [1.54, 1.807) is 93.2 Å². The van der Waals surface area contributed by atoms with Crippen LogP contribution in [0.1, 0.15) is 141 Å². The van der Waals surface area contributed by atoms with Gasteiger partial charge in [-0.3, -0.25) is 22.8 Å². The van der Waals surface area contributed by atoms with E-state index in [1.165, 1.54) is 10.9 Å². The minimum Gasteiger partial charge on any atom is -0.397 e. The first-order chi connectivity index (χ1) is 62.0. The zero-order chi connectivity index (χ0) is 96.7. The van der Waals surface area contributed by atoms with Crippen molar-refractivity contribution in [2.24, 2.45) is 0 Å². The predicted molar refractivity (Wildman–Crippen MR) is 548 cm³/mol. The molecule has 5 aliphatic rings. The van der Waals surface area contributed by atoms with Gasteiger partial charge in [0.15, 0.2) is 75.5 Å². The van der Waals surface area contributed by atoms with Crippen LogP contribution in [0.15, 0.2) is 65.7 Å². The molecule has 15 heterocycles. The number of thioether (sulfide) groups is 2. The molecule has 15 rings (SSSR count). The fourth-order valence-corrected chi connectivity index (χ4v) is 22.9. The Hall–Kier alpha value is -6.57. The highest BCUT2D eigenvalue weighted by Crippen LogP contribution is 2.48. The lowest BCUT2D eigenvalue weighted by Gasteiger charge is -2.20. The summed E-state index contributed by atoms with van der Waals surface area (Å²) in [5, 5.41) is 107. The lowest BCUT2D eigenvalue weighted by molar-refractivity contribution is -0.0400. The van der Waals surface area contributed by atoms with Crippen LogP contribution >= 0.6 is 58.0 Å². The summed E-state index contributed by atoms with van der Waals surface area (Å²) in [6.07, 6.45) is 28.7. The Bertz CT molecular complexity index is 5820. The molecular formula is C88H143N22O15P5S2. The lowest BCUT2D eigenvalue weighted by Crippen LogP contribution is -2.32. The highest BCUT2D eigenvalue weighted by atomic mass is 32.2. The van der Waals surface area contributed by atoms with Crippen molar-refractivity contribution in [1.82, 2.24) is 77.7 Å². The van der Waals surface area contributed by atoms with Gasteiger partial charge in [0.1, 0.15) is 100 Å². The standard InChI is InChI=1S/C20H33N4O3PS.C20H33N4O3P.C18H29N4O3PS.2C15H24N5O3P/c1-5-6-7-12-29-20-23-15-13(21)8-10-22-18(15)24(20)19-17(26)16(25)14(27-19)9-11-28(2,3)4;1-5-6-7-8-15-23-16-13(21)9-11-22-19(16)24(15)20-18(26)17(25)14(27-20)10-12-28(2,3)4;1-5-10-27-18-21-13-11(19)6-8-20-16(13)22(18)17-15(24)14(23)12(25-17)7-9-26(2,3)4;1-8-18-13(16)10-14(19-8)20(7-17-10)15-12(22)11(21)9(23-15)5-6-24(2,3)4;1-24(2,3)7-5-9-11(21)12(22)14(23-9)20-13-10(19-15(20)17)8(16)4-6-18-13/h8,10,14,16-17,19,25-26H,2,5-7,9,11-12H2,1,3-4H3,(H2,21,22);9,11,14,17-18,20,25-26H,2,5-8,10,12H2,1,3-4H3,(H2,21,22);6,8,12,14-15,17,23-24H,2,5,7,9-10H2,1,3-4H3,(H2,19,20);7,9,11-12,15,21-22H,2,5-6H2,1,3-4H3,(H2,16,18,19);4,6,9,11-12,14,21-22H,1,5,7H2,2-3H3,(H2,16,18)(H2,17,19)/t14?,16-,17-,19-;14?,17-,18-,20-;12?,14-,15-,17-;9?,11-,12-,15-;9?,11-,12-,14-/m11111/s1. The van der Waals surface area contributed by atoms with Crippen molar-refractivity contribution in [2.75, 3.05) is 143 Å². The van der Waals surface area contributed by atoms with Gasteiger partial charge in [-0.25, -0.2) is 54.8 Å². The van der Waals surface area contributed by atoms with Crippen molar-refractivity contribution >= 4 is 180 Å². The van der Waals surface area contributed by atoms with Crippen LogP contribution in [0.2, 0.25) is 0 Å². The molecule has 0 bridgehead atoms. The molecule has 0 aromatic carbocycles. The second kappa shape index (κ2) is 44.9. The van der Waals surface area contributed by atoms with Crippen LogP contribution in [0.5, 0.6) is 0 Å². The van der Waals surface area contributed by atoms with E-state index in [0.717, 1.165) is 99.5 Å². The predicted octanol–water partition coefficient (Wildman–Crippen LogP) is 8.46. The minimum atomic E-state index is -1.25. The van der Waals surface area contributed by atoms with Gasteiger partial charge in [-0.2, -0.15) is 0 Å². The van der Waals surface area contributed by atoms with Gasteiger partial charge < -0.3 is 109 Å². The summed E-state index contributed by atoms with van der Waals surface area (Å²) in [6.45, 7) is 23.4. The van der Waals surface area contributed by atoms with Gasteiger partial charge in [0.2, 0.25) is 5.95 Å². The molecule has 5 saturated heterocycles. The normalized spacial score (nSPS) is 26.4. The molecule has 5 aliphatic heterocycles. The topological polar surface area (TPSA) is 571 Å². The molecule has 0 amide bonds. The van der Waals surface area contributed by atoms with Gasteiger partial charge in [-0.15, -0.1) is 65.9 Å². The summed E-state index contributed by atoms with van der Waals surface area (Å²) in [5.41, 5.74) is 43.5. The Kier molecular flexibility index (Phi) is 36.0. The van der Waals surface area contributed by atoms with Crippen LogP contribution in [0.4, 0.5) is 34.5 Å². The quantitative estimate of drug-likeness (QED) is 0.0107. The summed E-state index contributed by atoms with van der Waals surface area (Å²) in [4.78, 5) is 48.4. The molecule has 0 aliphatic carbocycles. The maximum atomic E-state index is 10.8. The summed E-state index contributed by atoms with van der Waals surface area (Å²) in [5.74, 6) is 3.50. The summed E-state index contributed by atoms with van der Waals surface area (Å²) >= 11 is 3.18. The Morgan fingerprint density at radius 1 is 0.348 bits per heavy atom. The van der Waals surface area contributed by atoms with Gasteiger partial charge in [0.25, 0.3) is 0 Å². The van der Waals surface area contributed by atoms with Crippen molar-refractivity contribution in [3.63, 3.8) is 0 Å². The third-order valence-electron chi connectivity index (χ3n) is 23.5. The first-order valence-electron chi connectivity index (χ1n) is 44.9. The van der Waals surface area contributed by atoms with Gasteiger partial charge in [0.05, 0.1) is 59.6 Å². The smallest absolute Gasteiger partial charge is 0.204 e. The fourth-order valence-electron chi connectivity index (χ4n) is 16.2. The van der Waals surface area contributed by atoms with Gasteiger partial charge in [-0.1, -0.05) is 70.0 Å². The fraction of sp³-hybridized carbons (Fsp3) is 0.614. The molecule has 10 aromatic heterocycles. The van der Waals surface area contributed by atoms with E-state index in [-0.39, 0.29) is 11.8 Å². The van der Waals surface area contributed by atoms with Crippen molar-refractivity contribution in [3.8, 4) is 0 Å². The molecule has 44 heteroatoms. The first-order valence-corrected chi connectivity index (χ1v) is 62.2. The molecule has 0 saturated carbocycles. The number of aromatic nitrogens is 16. The van der Waals surface area contributed by atoms with E-state index in [2.05, 4.69) is 169 Å². The van der Waals surface area contributed by atoms with Crippen molar-refractivity contribution in [1.29, 1.82) is 0 Å². The third kappa shape index (κ3) is 25.9. The molecule has 732 valence electrons.